The van der Waals surface area contributed by atoms with Gasteiger partial charge in [-0.3, -0.25) is 4.90 Å². The van der Waals surface area contributed by atoms with Crippen LogP contribution < -0.4 is 0 Å². The fraction of sp³-hybridized carbons (Fsp3) is 0.440. The summed E-state index contributed by atoms with van der Waals surface area (Å²) in [6.45, 7) is 5.61. The van der Waals surface area contributed by atoms with Crippen LogP contribution >= 0.6 is 0 Å². The molecule has 9 heteroatoms. The van der Waals surface area contributed by atoms with Gasteiger partial charge in [-0.1, -0.05) is 48.0 Å². The van der Waals surface area contributed by atoms with Gasteiger partial charge in [0.1, 0.15) is 0 Å². The molecule has 3 aromatic rings. The maximum atomic E-state index is 12.8. The third kappa shape index (κ3) is 5.38. The molecule has 0 atom stereocenters. The van der Waals surface area contributed by atoms with Crippen molar-refractivity contribution in [1.29, 1.82) is 0 Å². The average Bonchev–Trinajstić information content (AvgIpc) is 3.34. The van der Waals surface area contributed by atoms with Crippen molar-refractivity contribution in [1.82, 2.24) is 19.3 Å². The molecule has 3 heterocycles. The van der Waals surface area contributed by atoms with Gasteiger partial charge in [-0.25, -0.2) is 8.42 Å². The molecule has 2 saturated heterocycles. The predicted molar refractivity (Wildman–Crippen MR) is 128 cm³/mol. The Balaban J connectivity index is 1.21. The topological polar surface area (TPSA) is 88.8 Å². The predicted octanol–water partition coefficient (Wildman–Crippen LogP) is 3.33. The van der Waals surface area contributed by atoms with Gasteiger partial charge in [0.2, 0.25) is 21.7 Å². The molecule has 0 aliphatic carbocycles. The lowest BCUT2D eigenvalue weighted by Gasteiger charge is -2.26. The zero-order valence-corrected chi connectivity index (χ0v) is 20.0. The first kappa shape index (κ1) is 23.2. The Morgan fingerprint density at radius 2 is 1.50 bits per heavy atom. The van der Waals surface area contributed by atoms with Gasteiger partial charge in [-0.2, -0.15) is 9.29 Å². The number of ether oxygens (including phenoxy) is 1. The molecule has 8 nitrogen and oxygen atoms in total. The third-order valence-electron chi connectivity index (χ3n) is 6.42. The molecule has 0 N–H and O–H groups in total. The summed E-state index contributed by atoms with van der Waals surface area (Å²) in [6, 6.07) is 15.2. The van der Waals surface area contributed by atoms with E-state index >= 15 is 0 Å². The second kappa shape index (κ2) is 10.4. The van der Waals surface area contributed by atoms with Crippen molar-refractivity contribution in [3.05, 3.63) is 65.5 Å². The molecule has 0 bridgehead atoms. The van der Waals surface area contributed by atoms with Gasteiger partial charge in [0.15, 0.2) is 0 Å². The summed E-state index contributed by atoms with van der Waals surface area (Å²) in [5.74, 6) is 1.05. The van der Waals surface area contributed by atoms with Crippen molar-refractivity contribution in [2.24, 2.45) is 0 Å². The number of rotatable bonds is 7. The molecule has 0 saturated carbocycles. The normalized spacial score (nSPS) is 18.2. The van der Waals surface area contributed by atoms with Gasteiger partial charge in [0, 0.05) is 38.3 Å². The maximum Gasteiger partial charge on any atom is 0.243 e. The molecule has 2 aromatic carbocycles. The molecule has 0 radical (unpaired) electrons. The Morgan fingerprint density at radius 3 is 2.21 bits per heavy atom. The third-order valence-corrected chi connectivity index (χ3v) is 8.33. The number of nitrogens with zero attached hydrogens (tertiary/aromatic N) is 4. The molecule has 1 aromatic heterocycles. The largest absolute Gasteiger partial charge is 0.379 e. The Kier molecular flexibility index (Phi) is 7.05. The van der Waals surface area contributed by atoms with E-state index in [2.05, 4.69) is 27.2 Å². The SMILES string of the molecule is O=S(=O)(c1ccc(Cc2nc(-c3ccc(CN4CCOCC4)cc3)no2)cc1)N1CCCCC1. The van der Waals surface area contributed by atoms with Gasteiger partial charge in [-0.15, -0.1) is 0 Å². The number of piperidine rings is 1. The lowest BCUT2D eigenvalue weighted by molar-refractivity contribution is 0.0342. The highest BCUT2D eigenvalue weighted by atomic mass is 32.2. The highest BCUT2D eigenvalue weighted by molar-refractivity contribution is 7.89. The molecule has 0 unspecified atom stereocenters. The average molecular weight is 483 g/mol. The highest BCUT2D eigenvalue weighted by Crippen LogP contribution is 2.22. The van der Waals surface area contributed by atoms with Crippen molar-refractivity contribution < 1.29 is 17.7 Å². The summed E-state index contributed by atoms with van der Waals surface area (Å²) < 4.78 is 38.1. The van der Waals surface area contributed by atoms with Crippen LogP contribution in [0.25, 0.3) is 11.4 Å². The van der Waals surface area contributed by atoms with Gasteiger partial charge in [-0.05, 0) is 36.1 Å². The van der Waals surface area contributed by atoms with Crippen LogP contribution in [0.4, 0.5) is 0 Å². The van der Waals surface area contributed by atoms with E-state index < -0.39 is 10.0 Å². The van der Waals surface area contributed by atoms with E-state index in [1.165, 1.54) is 5.56 Å². The molecular formula is C25H30N4O4S. The molecule has 2 aliphatic rings. The van der Waals surface area contributed by atoms with Gasteiger partial charge in [0.25, 0.3) is 0 Å². The summed E-state index contributed by atoms with van der Waals surface area (Å²) in [6.07, 6.45) is 3.39. The minimum atomic E-state index is -3.42. The van der Waals surface area contributed by atoms with Crippen LogP contribution in [0.5, 0.6) is 0 Å². The zero-order chi connectivity index (χ0) is 23.4. The Morgan fingerprint density at radius 1 is 0.824 bits per heavy atom. The summed E-state index contributed by atoms with van der Waals surface area (Å²) in [4.78, 5) is 7.25. The van der Waals surface area contributed by atoms with Crippen LogP contribution in [0.2, 0.25) is 0 Å². The standard InChI is InChI=1S/C25H30N4O4S/c30-34(31,29-12-2-1-3-13-29)23-10-6-20(7-11-23)18-24-26-25(27-33-24)22-8-4-21(5-9-22)19-28-14-16-32-17-15-28/h4-11H,1-3,12-19H2. The van der Waals surface area contributed by atoms with Crippen LogP contribution in [0, 0.1) is 0 Å². The molecule has 5 rings (SSSR count). The second-order valence-electron chi connectivity index (χ2n) is 8.88. The van der Waals surface area contributed by atoms with E-state index in [4.69, 9.17) is 9.26 Å². The molecule has 0 amide bonds. The van der Waals surface area contributed by atoms with Crippen LogP contribution in [-0.4, -0.2) is 67.2 Å². The fourth-order valence-corrected chi connectivity index (χ4v) is 5.95. The monoisotopic (exact) mass is 482 g/mol. The Hall–Kier alpha value is -2.59. The van der Waals surface area contributed by atoms with Crippen molar-refractivity contribution >= 4 is 10.0 Å². The van der Waals surface area contributed by atoms with Crippen LogP contribution in [0.1, 0.15) is 36.3 Å². The van der Waals surface area contributed by atoms with E-state index in [9.17, 15) is 8.42 Å². The van der Waals surface area contributed by atoms with Crippen molar-refractivity contribution in [3.63, 3.8) is 0 Å². The van der Waals surface area contributed by atoms with Gasteiger partial charge in [0.05, 0.1) is 24.5 Å². The quantitative estimate of drug-likeness (QED) is 0.510. The lowest BCUT2D eigenvalue weighted by atomic mass is 10.1. The first-order chi connectivity index (χ1) is 16.6. The molecule has 180 valence electrons. The summed E-state index contributed by atoms with van der Waals surface area (Å²) in [5.41, 5.74) is 3.08. The molecule has 34 heavy (non-hydrogen) atoms. The van der Waals surface area contributed by atoms with E-state index in [1.54, 1.807) is 16.4 Å². The highest BCUT2D eigenvalue weighted by Gasteiger charge is 2.25. The molecule has 2 aliphatic heterocycles. The van der Waals surface area contributed by atoms with Crippen molar-refractivity contribution in [2.75, 3.05) is 39.4 Å². The number of sulfonamides is 1. The number of morpholine rings is 1. The summed E-state index contributed by atoms with van der Waals surface area (Å²) >= 11 is 0. The summed E-state index contributed by atoms with van der Waals surface area (Å²) in [7, 11) is -3.42. The minimum absolute atomic E-state index is 0.335. The van der Waals surface area contributed by atoms with E-state index in [0.29, 0.717) is 36.1 Å². The fourth-order valence-electron chi connectivity index (χ4n) is 4.43. The number of aromatic nitrogens is 2. The van der Waals surface area contributed by atoms with Gasteiger partial charge >= 0.3 is 0 Å². The number of benzene rings is 2. The molecular weight excluding hydrogens is 452 g/mol. The molecule has 0 spiro atoms. The summed E-state index contributed by atoms with van der Waals surface area (Å²) in [5, 5.41) is 4.13. The number of hydrogen-bond donors (Lipinski definition) is 0. The van der Waals surface area contributed by atoms with Gasteiger partial charge < -0.3 is 9.26 Å². The Bertz CT molecular complexity index is 1180. The Labute approximate surface area is 200 Å². The zero-order valence-electron chi connectivity index (χ0n) is 19.2. The van der Waals surface area contributed by atoms with Crippen LogP contribution in [-0.2, 0) is 27.7 Å². The maximum absolute atomic E-state index is 12.8. The second-order valence-corrected chi connectivity index (χ2v) is 10.8. The van der Waals surface area contributed by atoms with Crippen LogP contribution in [0.3, 0.4) is 0 Å². The first-order valence-corrected chi connectivity index (χ1v) is 13.3. The van der Waals surface area contributed by atoms with Crippen molar-refractivity contribution in [2.45, 2.75) is 37.1 Å². The molecule has 2 fully saturated rings. The first-order valence-electron chi connectivity index (χ1n) is 11.9. The van der Waals surface area contributed by atoms with Crippen molar-refractivity contribution in [3.8, 4) is 11.4 Å². The smallest absolute Gasteiger partial charge is 0.243 e. The van der Waals surface area contributed by atoms with E-state index in [1.807, 2.05) is 24.3 Å². The van der Waals surface area contributed by atoms with E-state index in [0.717, 1.165) is 63.2 Å². The number of hydrogen-bond acceptors (Lipinski definition) is 7. The minimum Gasteiger partial charge on any atom is -0.379 e. The van der Waals surface area contributed by atoms with E-state index in [-0.39, 0.29) is 0 Å². The van der Waals surface area contributed by atoms with Crippen LogP contribution in [0.15, 0.2) is 57.9 Å². The lowest BCUT2D eigenvalue weighted by Crippen LogP contribution is -2.35.